The van der Waals surface area contributed by atoms with Crippen molar-refractivity contribution in [3.63, 3.8) is 0 Å². The summed E-state index contributed by atoms with van der Waals surface area (Å²) in [4.78, 5) is 4.20. The standard InChI is InChI=1S/C12H8BrN3OS/c13-10-7-16(12-14-4-5-18-12)15-11(10)8-2-1-3-9(17)6-8/h1-7,17H. The highest BCUT2D eigenvalue weighted by Gasteiger charge is 2.11. The first-order chi connectivity index (χ1) is 8.74. The zero-order valence-electron chi connectivity index (χ0n) is 9.12. The molecule has 4 nitrogen and oxygen atoms in total. The minimum atomic E-state index is 0.225. The van der Waals surface area contributed by atoms with Crippen LogP contribution in [0.25, 0.3) is 16.4 Å². The van der Waals surface area contributed by atoms with E-state index in [1.165, 1.54) is 11.3 Å². The fourth-order valence-corrected chi connectivity index (χ4v) is 2.70. The van der Waals surface area contributed by atoms with E-state index in [4.69, 9.17) is 0 Å². The van der Waals surface area contributed by atoms with Gasteiger partial charge in [0.05, 0.1) is 4.47 Å². The molecule has 0 atom stereocenters. The van der Waals surface area contributed by atoms with Crippen molar-refractivity contribution in [2.45, 2.75) is 0 Å². The summed E-state index contributed by atoms with van der Waals surface area (Å²) in [6.07, 6.45) is 3.60. The Hall–Kier alpha value is -1.66. The molecule has 3 rings (SSSR count). The normalized spacial score (nSPS) is 10.7. The summed E-state index contributed by atoms with van der Waals surface area (Å²) in [5.74, 6) is 0.225. The van der Waals surface area contributed by atoms with Gasteiger partial charge in [-0.2, -0.15) is 5.10 Å². The SMILES string of the molecule is Oc1cccc(-c2nn(-c3nccs3)cc2Br)c1. The first kappa shape index (κ1) is 11.4. The van der Waals surface area contributed by atoms with Crippen LogP contribution in [0, 0.1) is 0 Å². The number of hydrogen-bond acceptors (Lipinski definition) is 4. The second-order valence-corrected chi connectivity index (χ2v) is 5.36. The van der Waals surface area contributed by atoms with Gasteiger partial charge in [-0.1, -0.05) is 12.1 Å². The van der Waals surface area contributed by atoms with Crippen molar-refractivity contribution in [3.8, 4) is 22.1 Å². The highest BCUT2D eigenvalue weighted by Crippen LogP contribution is 2.29. The number of benzene rings is 1. The van der Waals surface area contributed by atoms with E-state index < -0.39 is 0 Å². The molecule has 0 saturated carbocycles. The summed E-state index contributed by atoms with van der Waals surface area (Å²) in [6.45, 7) is 0. The van der Waals surface area contributed by atoms with Crippen LogP contribution in [-0.4, -0.2) is 19.9 Å². The lowest BCUT2D eigenvalue weighted by Crippen LogP contribution is -1.93. The number of hydrogen-bond donors (Lipinski definition) is 1. The van der Waals surface area contributed by atoms with E-state index in [1.807, 2.05) is 17.6 Å². The first-order valence-corrected chi connectivity index (χ1v) is 6.86. The number of rotatable bonds is 2. The molecule has 0 unspecified atom stereocenters. The van der Waals surface area contributed by atoms with Gasteiger partial charge < -0.3 is 5.11 Å². The third-order valence-corrected chi connectivity index (χ3v) is 3.75. The summed E-state index contributed by atoms with van der Waals surface area (Å²) in [5.41, 5.74) is 1.64. The van der Waals surface area contributed by atoms with Crippen molar-refractivity contribution in [3.05, 3.63) is 46.5 Å². The molecule has 1 aromatic carbocycles. The second-order valence-electron chi connectivity index (χ2n) is 3.64. The number of aromatic nitrogens is 3. The minimum absolute atomic E-state index is 0.225. The van der Waals surface area contributed by atoms with Crippen LogP contribution in [0.3, 0.4) is 0 Å². The van der Waals surface area contributed by atoms with Gasteiger partial charge in [-0.25, -0.2) is 9.67 Å². The molecule has 0 amide bonds. The van der Waals surface area contributed by atoms with E-state index in [0.29, 0.717) is 0 Å². The predicted octanol–water partition coefficient (Wildman–Crippen LogP) is 3.46. The van der Waals surface area contributed by atoms with Gasteiger partial charge in [0.1, 0.15) is 11.4 Å². The van der Waals surface area contributed by atoms with Crippen molar-refractivity contribution in [1.29, 1.82) is 0 Å². The van der Waals surface area contributed by atoms with E-state index in [9.17, 15) is 5.11 Å². The Balaban J connectivity index is 2.09. The summed E-state index contributed by atoms with van der Waals surface area (Å²) >= 11 is 4.99. The van der Waals surface area contributed by atoms with Gasteiger partial charge in [-0.05, 0) is 28.1 Å². The van der Waals surface area contributed by atoms with Gasteiger partial charge >= 0.3 is 0 Å². The molecule has 0 spiro atoms. The Kier molecular flexibility index (Phi) is 2.89. The average Bonchev–Trinajstić information content (AvgIpc) is 2.97. The molecule has 2 aromatic heterocycles. The van der Waals surface area contributed by atoms with Crippen molar-refractivity contribution in [2.75, 3.05) is 0 Å². The lowest BCUT2D eigenvalue weighted by Gasteiger charge is -1.98. The first-order valence-electron chi connectivity index (χ1n) is 5.18. The van der Waals surface area contributed by atoms with Gasteiger partial charge in [0.2, 0.25) is 5.13 Å². The third-order valence-electron chi connectivity index (χ3n) is 2.40. The Morgan fingerprint density at radius 3 is 2.94 bits per heavy atom. The molecule has 0 saturated heterocycles. The third kappa shape index (κ3) is 2.04. The van der Waals surface area contributed by atoms with E-state index >= 15 is 0 Å². The maximum Gasteiger partial charge on any atom is 0.210 e. The van der Waals surface area contributed by atoms with Crippen LogP contribution in [0.15, 0.2) is 46.5 Å². The monoisotopic (exact) mass is 321 g/mol. The Morgan fingerprint density at radius 1 is 1.33 bits per heavy atom. The van der Waals surface area contributed by atoms with Crippen LogP contribution in [0.5, 0.6) is 5.75 Å². The average molecular weight is 322 g/mol. The number of phenols is 1. The van der Waals surface area contributed by atoms with Gasteiger partial charge in [0, 0.05) is 23.3 Å². The Labute approximate surface area is 116 Å². The topological polar surface area (TPSA) is 50.9 Å². The molecule has 0 bridgehead atoms. The maximum absolute atomic E-state index is 9.50. The summed E-state index contributed by atoms with van der Waals surface area (Å²) in [7, 11) is 0. The molecule has 0 aliphatic rings. The van der Waals surface area contributed by atoms with Crippen molar-refractivity contribution >= 4 is 27.3 Å². The molecule has 0 aliphatic carbocycles. The molecule has 18 heavy (non-hydrogen) atoms. The molecule has 0 aliphatic heterocycles. The number of phenolic OH excluding ortho intramolecular Hbond substituents is 1. The van der Waals surface area contributed by atoms with Crippen molar-refractivity contribution in [1.82, 2.24) is 14.8 Å². The predicted molar refractivity (Wildman–Crippen MR) is 74.0 cm³/mol. The van der Waals surface area contributed by atoms with Crippen LogP contribution in [0.4, 0.5) is 0 Å². The number of thiazole rings is 1. The zero-order valence-corrected chi connectivity index (χ0v) is 11.5. The number of aromatic hydroxyl groups is 1. The lowest BCUT2D eigenvalue weighted by atomic mass is 10.1. The van der Waals surface area contributed by atoms with Crippen LogP contribution < -0.4 is 0 Å². The molecular formula is C12H8BrN3OS. The highest BCUT2D eigenvalue weighted by atomic mass is 79.9. The van der Waals surface area contributed by atoms with Gasteiger partial charge in [0.15, 0.2) is 0 Å². The number of halogens is 1. The van der Waals surface area contributed by atoms with Gasteiger partial charge in [-0.3, -0.25) is 0 Å². The molecule has 0 fully saturated rings. The Morgan fingerprint density at radius 2 is 2.22 bits per heavy atom. The molecule has 0 radical (unpaired) electrons. The molecule has 3 aromatic rings. The van der Waals surface area contributed by atoms with Crippen LogP contribution >= 0.6 is 27.3 Å². The Bertz CT molecular complexity index is 678. The van der Waals surface area contributed by atoms with Crippen LogP contribution in [0.1, 0.15) is 0 Å². The number of nitrogens with zero attached hydrogens (tertiary/aromatic N) is 3. The van der Waals surface area contributed by atoms with Gasteiger partial charge in [-0.15, -0.1) is 11.3 Å². The van der Waals surface area contributed by atoms with Crippen molar-refractivity contribution in [2.24, 2.45) is 0 Å². The minimum Gasteiger partial charge on any atom is -0.508 e. The quantitative estimate of drug-likeness (QED) is 0.786. The fraction of sp³-hybridized carbons (Fsp3) is 0. The molecular weight excluding hydrogens is 314 g/mol. The fourth-order valence-electron chi connectivity index (χ4n) is 1.63. The molecule has 2 heterocycles. The lowest BCUT2D eigenvalue weighted by molar-refractivity contribution is 0.475. The highest BCUT2D eigenvalue weighted by molar-refractivity contribution is 9.10. The van der Waals surface area contributed by atoms with E-state index in [2.05, 4.69) is 26.0 Å². The van der Waals surface area contributed by atoms with Gasteiger partial charge in [0.25, 0.3) is 0 Å². The largest absolute Gasteiger partial charge is 0.508 e. The molecule has 6 heteroatoms. The zero-order chi connectivity index (χ0) is 12.5. The van der Waals surface area contributed by atoms with E-state index in [0.717, 1.165) is 20.9 Å². The summed E-state index contributed by atoms with van der Waals surface area (Å²) < 4.78 is 2.58. The van der Waals surface area contributed by atoms with Crippen molar-refractivity contribution < 1.29 is 5.11 Å². The summed E-state index contributed by atoms with van der Waals surface area (Å²) in [6, 6.07) is 7.01. The smallest absolute Gasteiger partial charge is 0.210 e. The molecule has 90 valence electrons. The van der Waals surface area contributed by atoms with E-state index in [-0.39, 0.29) is 5.75 Å². The summed E-state index contributed by atoms with van der Waals surface area (Å²) in [5, 5.41) is 16.7. The maximum atomic E-state index is 9.50. The van der Waals surface area contributed by atoms with Crippen LogP contribution in [0.2, 0.25) is 0 Å². The van der Waals surface area contributed by atoms with Crippen LogP contribution in [-0.2, 0) is 0 Å². The second kappa shape index (κ2) is 4.55. The molecule has 1 N–H and O–H groups in total. The van der Waals surface area contributed by atoms with E-state index in [1.54, 1.807) is 29.1 Å².